The Bertz CT molecular complexity index is 283. The van der Waals surface area contributed by atoms with Crippen LogP contribution in [0.3, 0.4) is 0 Å². The Morgan fingerprint density at radius 3 is 2.25 bits per heavy atom. The van der Waals surface area contributed by atoms with Gasteiger partial charge in [-0.2, -0.15) is 0 Å². The first-order valence-corrected chi connectivity index (χ1v) is 5.27. The van der Waals surface area contributed by atoms with Gasteiger partial charge in [-0.05, 0) is 19.8 Å². The molecule has 0 aromatic carbocycles. The highest BCUT2D eigenvalue weighted by Crippen LogP contribution is 2.35. The van der Waals surface area contributed by atoms with E-state index in [1.54, 1.807) is 6.92 Å². The minimum Gasteiger partial charge on any atom is -0.481 e. The molecule has 0 saturated heterocycles. The quantitative estimate of drug-likeness (QED) is 0.779. The molecule has 1 N–H and O–H groups in total. The van der Waals surface area contributed by atoms with Gasteiger partial charge in [0.1, 0.15) is 0 Å². The first-order valence-electron chi connectivity index (χ1n) is 5.27. The highest BCUT2D eigenvalue weighted by atomic mass is 19.3. The average Bonchev–Trinajstić information content (AvgIpc) is 2.10. The largest absolute Gasteiger partial charge is 0.481 e. The van der Waals surface area contributed by atoms with Gasteiger partial charge in [-0.1, -0.05) is 0 Å². The van der Waals surface area contributed by atoms with Crippen molar-refractivity contribution in [1.82, 2.24) is 4.90 Å². The van der Waals surface area contributed by atoms with Gasteiger partial charge < -0.3 is 10.0 Å². The van der Waals surface area contributed by atoms with Crippen LogP contribution in [0.15, 0.2) is 0 Å². The van der Waals surface area contributed by atoms with Crippen molar-refractivity contribution in [2.24, 2.45) is 11.8 Å². The molecule has 2 atom stereocenters. The summed E-state index contributed by atoms with van der Waals surface area (Å²) in [7, 11) is 0. The fourth-order valence-corrected chi connectivity index (χ4v) is 1.87. The first kappa shape index (κ1) is 12.9. The van der Waals surface area contributed by atoms with E-state index in [1.807, 2.05) is 0 Å². The van der Waals surface area contributed by atoms with Gasteiger partial charge in [0, 0.05) is 6.54 Å². The second-order valence-electron chi connectivity index (χ2n) is 3.90. The van der Waals surface area contributed by atoms with Crippen molar-refractivity contribution in [3.05, 3.63) is 0 Å². The summed E-state index contributed by atoms with van der Waals surface area (Å²) in [4.78, 5) is 23.5. The standard InChI is InChI=1S/C10H15F2NO3/c1-2-13(5-8(11)12)9(14)6-3-4-7(6)10(15)16/h6-8H,2-5H2,1H3,(H,15,16). The zero-order valence-electron chi connectivity index (χ0n) is 9.03. The van der Waals surface area contributed by atoms with E-state index in [2.05, 4.69) is 0 Å². The molecule has 1 saturated carbocycles. The summed E-state index contributed by atoms with van der Waals surface area (Å²) >= 11 is 0. The van der Waals surface area contributed by atoms with E-state index in [-0.39, 0.29) is 6.54 Å². The van der Waals surface area contributed by atoms with Gasteiger partial charge in [-0.25, -0.2) is 8.78 Å². The number of halogens is 2. The maximum absolute atomic E-state index is 12.2. The maximum Gasteiger partial charge on any atom is 0.307 e. The molecule has 2 unspecified atom stereocenters. The number of carboxylic acids is 1. The molecule has 0 radical (unpaired) electrons. The zero-order chi connectivity index (χ0) is 12.3. The third-order valence-corrected chi connectivity index (χ3v) is 2.96. The minimum atomic E-state index is -2.58. The molecule has 0 bridgehead atoms. The molecule has 1 aliphatic carbocycles. The maximum atomic E-state index is 12.2. The first-order chi connectivity index (χ1) is 7.47. The Hall–Kier alpha value is -1.20. The lowest BCUT2D eigenvalue weighted by atomic mass is 9.73. The van der Waals surface area contributed by atoms with Gasteiger partial charge >= 0.3 is 5.97 Å². The van der Waals surface area contributed by atoms with Gasteiger partial charge in [-0.15, -0.1) is 0 Å². The lowest BCUT2D eigenvalue weighted by Gasteiger charge is -2.35. The molecule has 1 rings (SSSR count). The number of aliphatic carboxylic acids is 1. The Morgan fingerprint density at radius 2 is 1.94 bits per heavy atom. The summed E-state index contributed by atoms with van der Waals surface area (Å²) in [5.74, 6) is -2.78. The van der Waals surface area contributed by atoms with Crippen molar-refractivity contribution in [1.29, 1.82) is 0 Å². The third kappa shape index (κ3) is 2.68. The number of rotatable bonds is 5. The molecule has 0 aromatic heterocycles. The van der Waals surface area contributed by atoms with Gasteiger partial charge in [0.2, 0.25) is 5.91 Å². The summed E-state index contributed by atoms with van der Waals surface area (Å²) < 4.78 is 24.3. The van der Waals surface area contributed by atoms with Gasteiger partial charge in [0.25, 0.3) is 6.43 Å². The fraction of sp³-hybridized carbons (Fsp3) is 0.800. The third-order valence-electron chi connectivity index (χ3n) is 2.96. The summed E-state index contributed by atoms with van der Waals surface area (Å²) in [5, 5.41) is 8.77. The van der Waals surface area contributed by atoms with Crippen molar-refractivity contribution in [3.8, 4) is 0 Å². The van der Waals surface area contributed by atoms with Crippen LogP contribution >= 0.6 is 0 Å². The van der Waals surface area contributed by atoms with Crippen molar-refractivity contribution in [2.75, 3.05) is 13.1 Å². The molecular weight excluding hydrogens is 220 g/mol. The minimum absolute atomic E-state index is 0.187. The van der Waals surface area contributed by atoms with E-state index < -0.39 is 36.7 Å². The van der Waals surface area contributed by atoms with E-state index in [1.165, 1.54) is 0 Å². The predicted octanol–water partition coefficient (Wildman–Crippen LogP) is 1.21. The van der Waals surface area contributed by atoms with Gasteiger partial charge in [0.05, 0.1) is 18.4 Å². The summed E-state index contributed by atoms with van der Waals surface area (Å²) in [6, 6.07) is 0. The number of carbonyl (C=O) groups excluding carboxylic acids is 1. The zero-order valence-corrected chi connectivity index (χ0v) is 9.03. The van der Waals surface area contributed by atoms with E-state index in [4.69, 9.17) is 5.11 Å². The number of amides is 1. The van der Waals surface area contributed by atoms with Crippen molar-refractivity contribution in [2.45, 2.75) is 26.2 Å². The van der Waals surface area contributed by atoms with E-state index in [0.29, 0.717) is 12.8 Å². The molecule has 1 amide bonds. The van der Waals surface area contributed by atoms with Crippen molar-refractivity contribution >= 4 is 11.9 Å². The van der Waals surface area contributed by atoms with Gasteiger partial charge in [0.15, 0.2) is 0 Å². The summed E-state index contributed by atoms with van der Waals surface area (Å²) in [6.07, 6.45) is -1.64. The Labute approximate surface area is 92.2 Å². The van der Waals surface area contributed by atoms with Crippen LogP contribution in [-0.4, -0.2) is 41.4 Å². The van der Waals surface area contributed by atoms with Gasteiger partial charge in [-0.3, -0.25) is 9.59 Å². The molecule has 6 heteroatoms. The van der Waals surface area contributed by atoms with Crippen LogP contribution in [0, 0.1) is 11.8 Å². The second kappa shape index (κ2) is 5.23. The molecule has 1 aliphatic rings. The molecule has 0 aromatic rings. The lowest BCUT2D eigenvalue weighted by molar-refractivity contribution is -0.157. The number of nitrogens with zero attached hydrogens (tertiary/aromatic N) is 1. The Balaban J connectivity index is 2.58. The predicted molar refractivity (Wildman–Crippen MR) is 52.1 cm³/mol. The van der Waals surface area contributed by atoms with E-state index in [9.17, 15) is 18.4 Å². The second-order valence-corrected chi connectivity index (χ2v) is 3.90. The van der Waals surface area contributed by atoms with E-state index in [0.717, 1.165) is 4.90 Å². The Kier molecular flexibility index (Phi) is 4.20. The summed E-state index contributed by atoms with van der Waals surface area (Å²) in [5.41, 5.74) is 0. The molecule has 4 nitrogen and oxygen atoms in total. The van der Waals surface area contributed by atoms with E-state index >= 15 is 0 Å². The fourth-order valence-electron chi connectivity index (χ4n) is 1.87. The number of alkyl halides is 2. The molecule has 0 heterocycles. The molecule has 0 aliphatic heterocycles. The van der Waals surface area contributed by atoms with Crippen molar-refractivity contribution < 1.29 is 23.5 Å². The highest BCUT2D eigenvalue weighted by molar-refractivity contribution is 5.86. The number of hydrogen-bond donors (Lipinski definition) is 1. The number of carboxylic acid groups (broad SMARTS) is 1. The normalized spacial score (nSPS) is 24.0. The monoisotopic (exact) mass is 235 g/mol. The topological polar surface area (TPSA) is 57.6 Å². The Morgan fingerprint density at radius 1 is 1.38 bits per heavy atom. The SMILES string of the molecule is CCN(CC(F)F)C(=O)C1CCC1C(=O)O. The molecule has 1 fully saturated rings. The molecule has 92 valence electrons. The smallest absolute Gasteiger partial charge is 0.307 e. The molecular formula is C10H15F2NO3. The molecule has 0 spiro atoms. The number of carbonyl (C=O) groups is 2. The highest BCUT2D eigenvalue weighted by Gasteiger charge is 2.43. The lowest BCUT2D eigenvalue weighted by Crippen LogP contribution is -2.47. The van der Waals surface area contributed by atoms with Crippen LogP contribution in [0.25, 0.3) is 0 Å². The average molecular weight is 235 g/mol. The van der Waals surface area contributed by atoms with Crippen molar-refractivity contribution in [3.63, 3.8) is 0 Å². The molecule has 16 heavy (non-hydrogen) atoms. The summed E-state index contributed by atoms with van der Waals surface area (Å²) in [6.45, 7) is 1.18. The van der Waals surface area contributed by atoms with Crippen LogP contribution < -0.4 is 0 Å². The van der Waals surface area contributed by atoms with Crippen LogP contribution in [0.1, 0.15) is 19.8 Å². The number of hydrogen-bond acceptors (Lipinski definition) is 2. The van der Waals surface area contributed by atoms with Crippen LogP contribution in [0.4, 0.5) is 8.78 Å². The van der Waals surface area contributed by atoms with Crippen LogP contribution in [0.2, 0.25) is 0 Å². The van der Waals surface area contributed by atoms with Crippen LogP contribution in [0.5, 0.6) is 0 Å². The van der Waals surface area contributed by atoms with Crippen LogP contribution in [-0.2, 0) is 9.59 Å².